The molecule has 1 aliphatic heterocycles. The predicted octanol–water partition coefficient (Wildman–Crippen LogP) is 4.71. The number of rotatable bonds is 5. The van der Waals surface area contributed by atoms with Crippen LogP contribution >= 0.6 is 23.2 Å². The van der Waals surface area contributed by atoms with Gasteiger partial charge >= 0.3 is 5.97 Å². The van der Waals surface area contributed by atoms with Gasteiger partial charge in [-0.2, -0.15) is 5.10 Å². The largest absolute Gasteiger partial charge is 0.454 e. The summed E-state index contributed by atoms with van der Waals surface area (Å²) in [5, 5.41) is 4.56. The number of nitrogens with one attached hydrogen (secondary N) is 1. The van der Waals surface area contributed by atoms with E-state index in [0.717, 1.165) is 0 Å². The lowest BCUT2D eigenvalue weighted by Gasteiger charge is -2.07. The van der Waals surface area contributed by atoms with Crippen LogP contribution in [0, 0.1) is 0 Å². The number of fused-ring (bicyclic) bond motifs is 1. The molecule has 0 saturated heterocycles. The van der Waals surface area contributed by atoms with E-state index in [1.165, 1.54) is 18.3 Å². The molecule has 3 aromatic rings. The number of hydrazone groups is 1. The van der Waals surface area contributed by atoms with Crippen LogP contribution in [0.5, 0.6) is 17.2 Å². The number of ether oxygens (including phenoxy) is 3. The van der Waals surface area contributed by atoms with Gasteiger partial charge in [0.1, 0.15) is 5.75 Å². The third-order valence-electron chi connectivity index (χ3n) is 4.23. The first-order valence-corrected chi connectivity index (χ1v) is 9.75. The highest BCUT2D eigenvalue weighted by Gasteiger charge is 2.16. The molecule has 0 aliphatic carbocycles. The summed E-state index contributed by atoms with van der Waals surface area (Å²) in [6, 6.07) is 16.0. The van der Waals surface area contributed by atoms with Crippen LogP contribution in [-0.4, -0.2) is 24.9 Å². The van der Waals surface area contributed by atoms with E-state index in [1.54, 1.807) is 48.5 Å². The van der Waals surface area contributed by atoms with Gasteiger partial charge in [0.15, 0.2) is 11.5 Å². The molecule has 0 bridgehead atoms. The van der Waals surface area contributed by atoms with Gasteiger partial charge in [-0.05, 0) is 54.1 Å². The smallest absolute Gasteiger partial charge is 0.345 e. The van der Waals surface area contributed by atoms with E-state index in [1.807, 2.05) is 0 Å². The Kier molecular flexibility index (Phi) is 6.06. The minimum atomic E-state index is -0.619. The molecule has 0 saturated carbocycles. The molecular formula is C22H14Cl2N2O5. The van der Waals surface area contributed by atoms with Gasteiger partial charge in [0.25, 0.3) is 5.91 Å². The predicted molar refractivity (Wildman–Crippen MR) is 115 cm³/mol. The van der Waals surface area contributed by atoms with Crippen molar-refractivity contribution >= 4 is 41.3 Å². The minimum Gasteiger partial charge on any atom is -0.454 e. The zero-order valence-electron chi connectivity index (χ0n) is 15.8. The van der Waals surface area contributed by atoms with Gasteiger partial charge in [0, 0.05) is 10.6 Å². The highest BCUT2D eigenvalue weighted by molar-refractivity contribution is 6.36. The van der Waals surface area contributed by atoms with Crippen LogP contribution in [0.3, 0.4) is 0 Å². The molecule has 0 radical (unpaired) electrons. The number of nitrogens with zero attached hydrogens (tertiary/aromatic N) is 1. The Morgan fingerprint density at radius 2 is 1.84 bits per heavy atom. The van der Waals surface area contributed by atoms with Crippen LogP contribution in [0.4, 0.5) is 0 Å². The zero-order valence-corrected chi connectivity index (χ0v) is 17.3. The second-order valence-corrected chi connectivity index (χ2v) is 7.20. The third-order valence-corrected chi connectivity index (χ3v) is 4.78. The quantitative estimate of drug-likeness (QED) is 0.260. The fraction of sp³-hybridized carbons (Fsp3) is 0.0455. The molecule has 3 aromatic carbocycles. The molecule has 0 aromatic heterocycles. The summed E-state index contributed by atoms with van der Waals surface area (Å²) in [4.78, 5) is 24.6. The van der Waals surface area contributed by atoms with Gasteiger partial charge in [-0.25, -0.2) is 10.2 Å². The first kappa shape index (κ1) is 20.7. The van der Waals surface area contributed by atoms with E-state index in [0.29, 0.717) is 33.4 Å². The highest BCUT2D eigenvalue weighted by atomic mass is 35.5. The molecule has 1 N–H and O–H groups in total. The van der Waals surface area contributed by atoms with E-state index in [-0.39, 0.29) is 17.4 Å². The van der Waals surface area contributed by atoms with Gasteiger partial charge in [0.2, 0.25) is 6.79 Å². The summed E-state index contributed by atoms with van der Waals surface area (Å²) in [6.45, 7) is 0.129. The first-order chi connectivity index (χ1) is 15.0. The molecule has 4 rings (SSSR count). The highest BCUT2D eigenvalue weighted by Crippen LogP contribution is 2.32. The minimum absolute atomic E-state index is 0.129. The molecule has 0 spiro atoms. The van der Waals surface area contributed by atoms with Gasteiger partial charge < -0.3 is 14.2 Å². The summed E-state index contributed by atoms with van der Waals surface area (Å²) >= 11 is 11.9. The number of hydrogen-bond acceptors (Lipinski definition) is 6. The summed E-state index contributed by atoms with van der Waals surface area (Å²) in [5.41, 5.74) is 3.62. The van der Waals surface area contributed by atoms with Crippen molar-refractivity contribution < 1.29 is 23.8 Å². The maximum Gasteiger partial charge on any atom is 0.345 e. The van der Waals surface area contributed by atoms with Crippen LogP contribution in [0.15, 0.2) is 65.8 Å². The van der Waals surface area contributed by atoms with Crippen molar-refractivity contribution in [3.8, 4) is 17.2 Å². The fourth-order valence-corrected chi connectivity index (χ4v) is 3.23. The topological polar surface area (TPSA) is 86.2 Å². The second-order valence-electron chi connectivity index (χ2n) is 6.35. The van der Waals surface area contributed by atoms with Crippen molar-refractivity contribution in [1.29, 1.82) is 0 Å². The number of carbonyl (C=O) groups excluding carboxylic acids is 2. The number of halogens is 2. The Morgan fingerprint density at radius 3 is 2.68 bits per heavy atom. The Morgan fingerprint density at radius 1 is 1.00 bits per heavy atom. The van der Waals surface area contributed by atoms with E-state index in [9.17, 15) is 9.59 Å². The van der Waals surface area contributed by atoms with Crippen LogP contribution in [-0.2, 0) is 0 Å². The summed E-state index contributed by atoms with van der Waals surface area (Å²) < 4.78 is 15.8. The van der Waals surface area contributed by atoms with Crippen molar-refractivity contribution in [2.24, 2.45) is 5.10 Å². The van der Waals surface area contributed by atoms with Crippen molar-refractivity contribution in [3.05, 3.63) is 87.4 Å². The standard InChI is InChI=1S/C22H14Cl2N2O5/c23-15-5-6-17(18(24)10-15)22(28)31-16-3-1-2-13(8-16)11-25-26-21(27)14-4-7-19-20(9-14)30-12-29-19/h1-11H,12H2,(H,26,27). The number of benzene rings is 3. The Labute approximate surface area is 187 Å². The lowest BCUT2D eigenvalue weighted by molar-refractivity contribution is 0.0734. The second kappa shape index (κ2) is 9.07. The van der Waals surface area contributed by atoms with Crippen LogP contribution in [0.2, 0.25) is 10.0 Å². The van der Waals surface area contributed by atoms with Gasteiger partial charge in [0.05, 0.1) is 16.8 Å². The van der Waals surface area contributed by atoms with Crippen molar-refractivity contribution in [3.63, 3.8) is 0 Å². The first-order valence-electron chi connectivity index (χ1n) is 9.00. The average molecular weight is 457 g/mol. The molecule has 1 aliphatic rings. The lowest BCUT2D eigenvalue weighted by atomic mass is 10.2. The zero-order chi connectivity index (χ0) is 21.8. The number of esters is 1. The molecule has 0 unspecified atom stereocenters. The van der Waals surface area contributed by atoms with Crippen LogP contribution in [0.1, 0.15) is 26.3 Å². The molecule has 1 amide bonds. The van der Waals surface area contributed by atoms with Crippen LogP contribution < -0.4 is 19.6 Å². The number of hydrogen-bond donors (Lipinski definition) is 1. The monoisotopic (exact) mass is 456 g/mol. The molecule has 1 heterocycles. The number of carbonyl (C=O) groups is 2. The normalized spacial score (nSPS) is 12.1. The molecular weight excluding hydrogens is 443 g/mol. The molecule has 31 heavy (non-hydrogen) atoms. The molecule has 0 fully saturated rings. The van der Waals surface area contributed by atoms with Gasteiger partial charge in [-0.3, -0.25) is 4.79 Å². The van der Waals surface area contributed by atoms with E-state index in [2.05, 4.69) is 10.5 Å². The van der Waals surface area contributed by atoms with Crippen molar-refractivity contribution in [2.45, 2.75) is 0 Å². The Bertz CT molecular complexity index is 1200. The van der Waals surface area contributed by atoms with Gasteiger partial charge in [-0.1, -0.05) is 35.3 Å². The lowest BCUT2D eigenvalue weighted by Crippen LogP contribution is -2.17. The SMILES string of the molecule is O=C(NN=Cc1cccc(OC(=O)c2ccc(Cl)cc2Cl)c1)c1ccc2c(c1)OCO2. The maximum atomic E-state index is 12.3. The van der Waals surface area contributed by atoms with Crippen molar-refractivity contribution in [2.75, 3.05) is 6.79 Å². The number of amides is 1. The Balaban J connectivity index is 1.39. The van der Waals surface area contributed by atoms with E-state index in [4.69, 9.17) is 37.4 Å². The molecule has 9 heteroatoms. The van der Waals surface area contributed by atoms with Gasteiger partial charge in [-0.15, -0.1) is 0 Å². The maximum absolute atomic E-state index is 12.3. The summed E-state index contributed by atoms with van der Waals surface area (Å²) in [6.07, 6.45) is 1.43. The molecule has 156 valence electrons. The Hall–Kier alpha value is -3.55. The summed E-state index contributed by atoms with van der Waals surface area (Å²) in [5.74, 6) is 0.363. The average Bonchev–Trinajstić information content (AvgIpc) is 3.21. The summed E-state index contributed by atoms with van der Waals surface area (Å²) in [7, 11) is 0. The molecule has 7 nitrogen and oxygen atoms in total. The van der Waals surface area contributed by atoms with E-state index >= 15 is 0 Å². The van der Waals surface area contributed by atoms with E-state index < -0.39 is 11.9 Å². The van der Waals surface area contributed by atoms with Crippen LogP contribution in [0.25, 0.3) is 0 Å². The van der Waals surface area contributed by atoms with Crippen molar-refractivity contribution in [1.82, 2.24) is 5.43 Å². The third kappa shape index (κ3) is 4.96. The molecule has 0 atom stereocenters. The fourth-order valence-electron chi connectivity index (χ4n) is 2.74.